The third-order valence-electron chi connectivity index (χ3n) is 3.45. The fourth-order valence-electron chi connectivity index (χ4n) is 2.54. The number of piperidine rings is 1. The molecule has 0 radical (unpaired) electrons. The molecule has 1 aromatic heterocycles. The normalized spacial score (nSPS) is 23.6. The Bertz CT molecular complexity index is 386. The number of nitrogens with zero attached hydrogens (tertiary/aromatic N) is 1. The van der Waals surface area contributed by atoms with Crippen molar-refractivity contribution in [2.75, 3.05) is 19.7 Å². The maximum Gasteiger partial charge on any atom is 0.313 e. The topological polar surface area (TPSA) is 51.2 Å². The van der Waals surface area contributed by atoms with E-state index in [1.807, 2.05) is 25.3 Å². The third kappa shape index (κ3) is 2.88. The summed E-state index contributed by atoms with van der Waals surface area (Å²) < 4.78 is 5.26. The monoisotopic (exact) mass is 248 g/mol. The molecular formula is C14H20N2O2. The van der Waals surface area contributed by atoms with E-state index in [-0.39, 0.29) is 5.97 Å². The van der Waals surface area contributed by atoms with Crippen molar-refractivity contribution >= 4 is 5.97 Å². The van der Waals surface area contributed by atoms with Crippen molar-refractivity contribution in [1.82, 2.24) is 10.3 Å². The Kier molecular flexibility index (Phi) is 4.31. The zero-order chi connectivity index (χ0) is 12.8. The highest BCUT2D eigenvalue weighted by molar-refractivity contribution is 5.77. The number of hydrogen-bond donors (Lipinski definition) is 1. The van der Waals surface area contributed by atoms with Gasteiger partial charge in [0.1, 0.15) is 0 Å². The van der Waals surface area contributed by atoms with E-state index in [2.05, 4.69) is 10.3 Å². The second-order valence-electron chi connectivity index (χ2n) is 4.82. The molecule has 0 spiro atoms. The lowest BCUT2D eigenvalue weighted by atomic mass is 9.76. The summed E-state index contributed by atoms with van der Waals surface area (Å²) in [6, 6.07) is 3.92. The van der Waals surface area contributed by atoms with Crippen LogP contribution in [0.15, 0.2) is 24.5 Å². The SMILES string of the molecule is CCOC(=O)[C@@]1(Cc2cccnc2)CCCNC1. The minimum Gasteiger partial charge on any atom is -0.466 e. The molecule has 2 rings (SSSR count). The molecule has 2 heterocycles. The number of aromatic nitrogens is 1. The van der Waals surface area contributed by atoms with Gasteiger partial charge in [-0.05, 0) is 44.4 Å². The van der Waals surface area contributed by atoms with Crippen LogP contribution in [0.3, 0.4) is 0 Å². The van der Waals surface area contributed by atoms with Gasteiger partial charge in [0, 0.05) is 18.9 Å². The Hall–Kier alpha value is -1.42. The first-order chi connectivity index (χ1) is 8.77. The van der Waals surface area contributed by atoms with E-state index < -0.39 is 5.41 Å². The van der Waals surface area contributed by atoms with Gasteiger partial charge in [-0.25, -0.2) is 0 Å². The Morgan fingerprint density at radius 1 is 1.61 bits per heavy atom. The van der Waals surface area contributed by atoms with E-state index in [1.54, 1.807) is 6.20 Å². The van der Waals surface area contributed by atoms with E-state index in [4.69, 9.17) is 4.74 Å². The van der Waals surface area contributed by atoms with E-state index in [9.17, 15) is 4.79 Å². The average Bonchev–Trinajstić information content (AvgIpc) is 2.41. The van der Waals surface area contributed by atoms with Gasteiger partial charge in [0.15, 0.2) is 0 Å². The summed E-state index contributed by atoms with van der Waals surface area (Å²) in [6.07, 6.45) is 6.18. The molecule has 18 heavy (non-hydrogen) atoms. The number of nitrogens with one attached hydrogen (secondary N) is 1. The lowest BCUT2D eigenvalue weighted by Gasteiger charge is -2.35. The lowest BCUT2D eigenvalue weighted by molar-refractivity contribution is -0.156. The van der Waals surface area contributed by atoms with Gasteiger partial charge in [-0.2, -0.15) is 0 Å². The molecular weight excluding hydrogens is 228 g/mol. The van der Waals surface area contributed by atoms with Gasteiger partial charge in [-0.3, -0.25) is 9.78 Å². The van der Waals surface area contributed by atoms with E-state index in [0.717, 1.165) is 24.9 Å². The molecule has 1 aromatic rings. The Morgan fingerprint density at radius 2 is 2.50 bits per heavy atom. The van der Waals surface area contributed by atoms with Crippen LogP contribution in [0.4, 0.5) is 0 Å². The summed E-state index contributed by atoms with van der Waals surface area (Å²) in [5, 5.41) is 3.31. The lowest BCUT2D eigenvalue weighted by Crippen LogP contribution is -2.47. The van der Waals surface area contributed by atoms with Crippen LogP contribution in [0.5, 0.6) is 0 Å². The molecule has 1 aliphatic heterocycles. The molecule has 1 fully saturated rings. The highest BCUT2D eigenvalue weighted by Gasteiger charge is 2.41. The number of hydrogen-bond acceptors (Lipinski definition) is 4. The summed E-state index contributed by atoms with van der Waals surface area (Å²) >= 11 is 0. The smallest absolute Gasteiger partial charge is 0.313 e. The standard InChI is InChI=1S/C14H20N2O2/c1-2-18-13(17)14(6-4-8-16-11-14)9-12-5-3-7-15-10-12/h3,5,7,10,16H,2,4,6,8-9,11H2,1H3/t14-/m1/s1. The molecule has 0 unspecified atom stereocenters. The number of carbonyl (C=O) groups excluding carboxylic acids is 1. The van der Waals surface area contributed by atoms with Crippen LogP contribution in [-0.4, -0.2) is 30.6 Å². The second-order valence-corrected chi connectivity index (χ2v) is 4.82. The summed E-state index contributed by atoms with van der Waals surface area (Å²) in [4.78, 5) is 16.4. The fraction of sp³-hybridized carbons (Fsp3) is 0.571. The second kappa shape index (κ2) is 5.96. The quantitative estimate of drug-likeness (QED) is 0.822. The summed E-state index contributed by atoms with van der Waals surface area (Å²) in [5.74, 6) is -0.0824. The third-order valence-corrected chi connectivity index (χ3v) is 3.45. The zero-order valence-corrected chi connectivity index (χ0v) is 10.8. The van der Waals surface area contributed by atoms with Crippen LogP contribution in [-0.2, 0) is 16.0 Å². The predicted molar refractivity (Wildman–Crippen MR) is 69.1 cm³/mol. The number of rotatable bonds is 4. The molecule has 1 aliphatic rings. The van der Waals surface area contributed by atoms with E-state index in [1.165, 1.54) is 0 Å². The van der Waals surface area contributed by atoms with Gasteiger partial charge < -0.3 is 10.1 Å². The molecule has 0 aromatic carbocycles. The largest absolute Gasteiger partial charge is 0.466 e. The average molecular weight is 248 g/mol. The summed E-state index contributed by atoms with van der Waals surface area (Å²) in [7, 11) is 0. The predicted octanol–water partition coefficient (Wildman–Crippen LogP) is 1.56. The molecule has 0 bridgehead atoms. The number of pyridine rings is 1. The fourth-order valence-corrected chi connectivity index (χ4v) is 2.54. The van der Waals surface area contributed by atoms with Crippen LogP contribution >= 0.6 is 0 Å². The maximum atomic E-state index is 12.2. The molecule has 0 saturated carbocycles. The van der Waals surface area contributed by atoms with Gasteiger partial charge in [0.25, 0.3) is 0 Å². The number of ether oxygens (including phenoxy) is 1. The van der Waals surface area contributed by atoms with Crippen LogP contribution in [0.2, 0.25) is 0 Å². The minimum absolute atomic E-state index is 0.0824. The first-order valence-electron chi connectivity index (χ1n) is 6.54. The highest BCUT2D eigenvalue weighted by atomic mass is 16.5. The molecule has 98 valence electrons. The first kappa shape index (κ1) is 13.0. The van der Waals surface area contributed by atoms with Crippen molar-refractivity contribution in [2.45, 2.75) is 26.2 Å². The van der Waals surface area contributed by atoms with Gasteiger partial charge >= 0.3 is 5.97 Å². The van der Waals surface area contributed by atoms with Gasteiger partial charge in [-0.15, -0.1) is 0 Å². The maximum absolute atomic E-state index is 12.2. The number of carbonyl (C=O) groups is 1. The molecule has 1 N–H and O–H groups in total. The van der Waals surface area contributed by atoms with Crippen LogP contribution < -0.4 is 5.32 Å². The molecule has 1 atom stereocenters. The van der Waals surface area contributed by atoms with Gasteiger partial charge in [0.2, 0.25) is 0 Å². The first-order valence-corrected chi connectivity index (χ1v) is 6.54. The van der Waals surface area contributed by atoms with E-state index >= 15 is 0 Å². The molecule has 0 amide bonds. The minimum atomic E-state index is -0.419. The van der Waals surface area contributed by atoms with Crippen LogP contribution in [0, 0.1) is 5.41 Å². The Morgan fingerprint density at radius 3 is 3.11 bits per heavy atom. The van der Waals surface area contributed by atoms with Crippen molar-refractivity contribution in [2.24, 2.45) is 5.41 Å². The van der Waals surface area contributed by atoms with Crippen LogP contribution in [0.1, 0.15) is 25.3 Å². The van der Waals surface area contributed by atoms with E-state index in [0.29, 0.717) is 19.6 Å². The molecule has 1 saturated heterocycles. The van der Waals surface area contributed by atoms with Crippen LogP contribution in [0.25, 0.3) is 0 Å². The zero-order valence-electron chi connectivity index (χ0n) is 10.8. The van der Waals surface area contributed by atoms with Crippen molar-refractivity contribution in [1.29, 1.82) is 0 Å². The van der Waals surface area contributed by atoms with Crippen molar-refractivity contribution in [3.8, 4) is 0 Å². The molecule has 0 aliphatic carbocycles. The summed E-state index contributed by atoms with van der Waals surface area (Å²) in [6.45, 7) is 3.97. The number of esters is 1. The van der Waals surface area contributed by atoms with Gasteiger partial charge in [-0.1, -0.05) is 6.07 Å². The van der Waals surface area contributed by atoms with Crippen molar-refractivity contribution in [3.05, 3.63) is 30.1 Å². The molecule has 4 nitrogen and oxygen atoms in total. The van der Waals surface area contributed by atoms with Gasteiger partial charge in [0.05, 0.1) is 12.0 Å². The Balaban J connectivity index is 2.16. The highest BCUT2D eigenvalue weighted by Crippen LogP contribution is 2.32. The van der Waals surface area contributed by atoms with Crippen molar-refractivity contribution < 1.29 is 9.53 Å². The molecule has 4 heteroatoms. The Labute approximate surface area is 108 Å². The summed E-state index contributed by atoms with van der Waals surface area (Å²) in [5.41, 5.74) is 0.673. The van der Waals surface area contributed by atoms with Crippen molar-refractivity contribution in [3.63, 3.8) is 0 Å².